The predicted molar refractivity (Wildman–Crippen MR) is 136 cm³/mol. The third-order valence-corrected chi connectivity index (χ3v) is 8.00. The van der Waals surface area contributed by atoms with E-state index >= 15 is 0 Å². The topological polar surface area (TPSA) is 109 Å². The third-order valence-electron chi connectivity index (χ3n) is 7.11. The lowest BCUT2D eigenvalue weighted by Crippen LogP contribution is -2.55. The number of amides is 1. The number of anilines is 2. The lowest BCUT2D eigenvalue weighted by Gasteiger charge is -2.41. The van der Waals surface area contributed by atoms with E-state index in [0.717, 1.165) is 78.7 Å². The van der Waals surface area contributed by atoms with Crippen molar-refractivity contribution in [1.82, 2.24) is 20.1 Å². The van der Waals surface area contributed by atoms with Gasteiger partial charge in [-0.3, -0.25) is 9.69 Å². The van der Waals surface area contributed by atoms with Crippen molar-refractivity contribution in [3.05, 3.63) is 47.2 Å². The van der Waals surface area contributed by atoms with Crippen molar-refractivity contribution < 1.29 is 9.53 Å². The van der Waals surface area contributed by atoms with E-state index in [1.807, 2.05) is 18.2 Å². The number of piperazine rings is 1. The van der Waals surface area contributed by atoms with Gasteiger partial charge in [0, 0.05) is 54.8 Å². The number of fused-ring (bicyclic) bond motifs is 1. The van der Waals surface area contributed by atoms with Crippen LogP contribution >= 0.6 is 11.3 Å². The summed E-state index contributed by atoms with van der Waals surface area (Å²) in [7, 11) is 0. The highest BCUT2D eigenvalue weighted by atomic mass is 32.1. The van der Waals surface area contributed by atoms with Crippen LogP contribution < -0.4 is 20.7 Å². The van der Waals surface area contributed by atoms with Crippen LogP contribution in [0.1, 0.15) is 35.3 Å². The number of thiazole rings is 1. The number of hydrogen-bond acceptors (Lipinski definition) is 9. The minimum atomic E-state index is -0.234. The van der Waals surface area contributed by atoms with Crippen LogP contribution in [0.4, 0.5) is 11.4 Å². The van der Waals surface area contributed by atoms with Crippen molar-refractivity contribution in [2.75, 3.05) is 36.4 Å². The Morgan fingerprint density at radius 3 is 2.86 bits per heavy atom. The smallest absolute Gasteiger partial charge is 0.275 e. The van der Waals surface area contributed by atoms with Crippen LogP contribution in [-0.4, -0.2) is 70.4 Å². The predicted octanol–water partition coefficient (Wildman–Crippen LogP) is 2.92. The van der Waals surface area contributed by atoms with Crippen molar-refractivity contribution in [2.24, 2.45) is 5.73 Å². The number of nitrogens with one attached hydrogen (secondary N) is 1. The molecule has 0 radical (unpaired) electrons. The summed E-state index contributed by atoms with van der Waals surface area (Å²) in [6.07, 6.45) is 6.80. The minimum Gasteiger partial charge on any atom is -0.490 e. The van der Waals surface area contributed by atoms with Crippen molar-refractivity contribution in [3.8, 4) is 16.3 Å². The van der Waals surface area contributed by atoms with Gasteiger partial charge in [0.1, 0.15) is 16.5 Å². The highest BCUT2D eigenvalue weighted by Crippen LogP contribution is 2.40. The molecule has 6 rings (SSSR count). The lowest BCUT2D eigenvalue weighted by molar-refractivity contribution is 0.102. The van der Waals surface area contributed by atoms with Crippen molar-refractivity contribution >= 4 is 28.6 Å². The van der Waals surface area contributed by atoms with Gasteiger partial charge in [-0.05, 0) is 44.4 Å². The Bertz CT molecular complexity index is 1230. The van der Waals surface area contributed by atoms with Crippen molar-refractivity contribution in [1.29, 1.82) is 0 Å². The molecule has 35 heavy (non-hydrogen) atoms. The fourth-order valence-electron chi connectivity index (χ4n) is 5.04. The van der Waals surface area contributed by atoms with Gasteiger partial charge in [-0.25, -0.2) is 4.98 Å². The van der Waals surface area contributed by atoms with Gasteiger partial charge in [0.05, 0.1) is 29.9 Å². The van der Waals surface area contributed by atoms with Crippen LogP contribution in [0.2, 0.25) is 0 Å². The first-order chi connectivity index (χ1) is 17.1. The molecule has 9 nitrogen and oxygen atoms in total. The molecular formula is C25H29N7O2S. The number of aromatic nitrogens is 3. The Morgan fingerprint density at radius 1 is 1.17 bits per heavy atom. The summed E-state index contributed by atoms with van der Waals surface area (Å²) in [5, 5.41) is 13.4. The molecule has 4 heterocycles. The maximum atomic E-state index is 13.2. The summed E-state index contributed by atoms with van der Waals surface area (Å²) in [5.41, 5.74) is 10.5. The van der Waals surface area contributed by atoms with E-state index in [4.69, 9.17) is 10.5 Å². The van der Waals surface area contributed by atoms with Crippen LogP contribution in [0, 0.1) is 6.92 Å². The molecule has 1 saturated carbocycles. The van der Waals surface area contributed by atoms with Crippen molar-refractivity contribution in [2.45, 2.75) is 44.4 Å². The second-order valence-corrected chi connectivity index (χ2v) is 10.4. The first-order valence-electron chi connectivity index (χ1n) is 12.2. The fraction of sp³-hybridized carbons (Fsp3) is 0.440. The van der Waals surface area contributed by atoms with Gasteiger partial charge < -0.3 is 20.7 Å². The monoisotopic (exact) mass is 491 g/mol. The molecule has 2 atom stereocenters. The summed E-state index contributed by atoms with van der Waals surface area (Å²) in [6.45, 7) is 5.84. The normalized spacial score (nSPS) is 22.2. The number of nitrogens with zero attached hydrogens (tertiary/aromatic N) is 5. The SMILES string of the molecule is Cc1c(OC2CC2)ccc(NC(=O)c2csc(-c3ccnnc3)n2)c1N1CCN2CC[C@@H](N)[C@@H]2C1. The Labute approximate surface area is 208 Å². The molecule has 2 aromatic heterocycles. The van der Waals surface area contributed by atoms with Gasteiger partial charge >= 0.3 is 0 Å². The maximum Gasteiger partial charge on any atom is 0.275 e. The van der Waals surface area contributed by atoms with Gasteiger partial charge in [0.2, 0.25) is 0 Å². The summed E-state index contributed by atoms with van der Waals surface area (Å²) < 4.78 is 6.20. The Balaban J connectivity index is 1.29. The average Bonchev–Trinajstić information content (AvgIpc) is 3.41. The molecule has 0 spiro atoms. The lowest BCUT2D eigenvalue weighted by atomic mass is 10.0. The molecule has 3 N–H and O–H groups in total. The van der Waals surface area contributed by atoms with E-state index in [0.29, 0.717) is 17.8 Å². The molecule has 1 aromatic carbocycles. The molecule has 3 aromatic rings. The molecular weight excluding hydrogens is 462 g/mol. The molecule has 3 fully saturated rings. The highest BCUT2D eigenvalue weighted by molar-refractivity contribution is 7.13. The van der Waals surface area contributed by atoms with Crippen LogP contribution in [0.3, 0.4) is 0 Å². The molecule has 2 aliphatic heterocycles. The number of nitrogens with two attached hydrogens (primary N) is 1. The van der Waals surface area contributed by atoms with E-state index < -0.39 is 0 Å². The van der Waals surface area contributed by atoms with E-state index in [1.54, 1.807) is 17.8 Å². The molecule has 182 valence electrons. The van der Waals surface area contributed by atoms with Gasteiger partial charge in [0.25, 0.3) is 5.91 Å². The highest BCUT2D eigenvalue weighted by Gasteiger charge is 2.37. The molecule has 0 bridgehead atoms. The van der Waals surface area contributed by atoms with E-state index in [9.17, 15) is 4.79 Å². The first kappa shape index (κ1) is 22.4. The molecule has 3 aliphatic rings. The van der Waals surface area contributed by atoms with Gasteiger partial charge in [-0.1, -0.05) is 0 Å². The number of benzene rings is 1. The second-order valence-electron chi connectivity index (χ2n) is 9.53. The Hall–Kier alpha value is -3.08. The number of hydrogen-bond donors (Lipinski definition) is 2. The average molecular weight is 492 g/mol. The van der Waals surface area contributed by atoms with E-state index in [-0.39, 0.29) is 11.9 Å². The zero-order chi connectivity index (χ0) is 23.9. The van der Waals surface area contributed by atoms with Crippen LogP contribution in [0.5, 0.6) is 5.75 Å². The molecule has 10 heteroatoms. The van der Waals surface area contributed by atoms with E-state index in [2.05, 4.69) is 37.2 Å². The summed E-state index contributed by atoms with van der Waals surface area (Å²) in [5.74, 6) is 0.655. The Morgan fingerprint density at radius 2 is 2.06 bits per heavy atom. The number of carbonyl (C=O) groups is 1. The van der Waals surface area contributed by atoms with Gasteiger partial charge in [0.15, 0.2) is 0 Å². The van der Waals surface area contributed by atoms with Gasteiger partial charge in [-0.15, -0.1) is 11.3 Å². The third kappa shape index (κ3) is 4.49. The second kappa shape index (κ2) is 9.18. The first-order valence-corrected chi connectivity index (χ1v) is 13.0. The minimum absolute atomic E-state index is 0.179. The van der Waals surface area contributed by atoms with E-state index in [1.165, 1.54) is 11.3 Å². The number of rotatable bonds is 6. The van der Waals surface area contributed by atoms with Gasteiger partial charge in [-0.2, -0.15) is 10.2 Å². The standard InChI is InChI=1S/C25H29N7O2S/c1-15-22(34-17-2-3-17)5-4-19(23(15)32-11-10-31-9-7-18(26)21(31)13-32)29-24(33)20-14-35-25(30-20)16-6-8-27-28-12-16/h4-6,8,12,14,17-18,21H,2-3,7,9-11,13,26H2,1H3,(H,29,33)/t18-,21+/m1/s1. The zero-order valence-electron chi connectivity index (χ0n) is 19.7. The molecule has 1 aliphatic carbocycles. The number of carbonyl (C=O) groups excluding carboxylic acids is 1. The van der Waals surface area contributed by atoms with Crippen LogP contribution in [0.25, 0.3) is 10.6 Å². The van der Waals surface area contributed by atoms with Crippen LogP contribution in [0.15, 0.2) is 36.0 Å². The summed E-state index contributed by atoms with van der Waals surface area (Å²) >= 11 is 1.41. The largest absolute Gasteiger partial charge is 0.490 e. The number of ether oxygens (including phenoxy) is 1. The quantitative estimate of drug-likeness (QED) is 0.542. The Kier molecular flexibility index (Phi) is 5.87. The van der Waals surface area contributed by atoms with Crippen molar-refractivity contribution in [3.63, 3.8) is 0 Å². The zero-order valence-corrected chi connectivity index (χ0v) is 20.5. The maximum absolute atomic E-state index is 13.2. The molecule has 2 saturated heterocycles. The summed E-state index contributed by atoms with van der Waals surface area (Å²) in [6, 6.07) is 6.27. The van der Waals surface area contributed by atoms with Crippen LogP contribution in [-0.2, 0) is 0 Å². The fourth-order valence-corrected chi connectivity index (χ4v) is 5.83. The molecule has 0 unspecified atom stereocenters. The summed E-state index contributed by atoms with van der Waals surface area (Å²) in [4.78, 5) is 22.6. The molecule has 1 amide bonds.